The molecule has 19 heavy (non-hydrogen) atoms. The molecular formula is C14H18BrNO3. The van der Waals surface area contributed by atoms with Crippen molar-refractivity contribution in [3.8, 4) is 5.75 Å². The maximum atomic E-state index is 11.2. The molecule has 0 aliphatic rings. The Morgan fingerprint density at radius 2 is 1.79 bits per heavy atom. The van der Waals surface area contributed by atoms with Gasteiger partial charge in [0.25, 0.3) is 0 Å². The highest BCUT2D eigenvalue weighted by Gasteiger charge is 2.21. The van der Waals surface area contributed by atoms with Crippen LogP contribution in [0, 0.1) is 0 Å². The topological polar surface area (TPSA) is 55.4 Å². The average molecular weight is 328 g/mol. The molecule has 0 aliphatic carbocycles. The van der Waals surface area contributed by atoms with Crippen LogP contribution in [0.4, 0.5) is 5.69 Å². The van der Waals surface area contributed by atoms with Gasteiger partial charge in [0.15, 0.2) is 5.75 Å². The van der Waals surface area contributed by atoms with E-state index in [2.05, 4.69) is 42.0 Å². The summed E-state index contributed by atoms with van der Waals surface area (Å²) < 4.78 is 5.95. The Balaban J connectivity index is 3.36. The van der Waals surface area contributed by atoms with Crippen LogP contribution >= 0.6 is 15.9 Å². The van der Waals surface area contributed by atoms with Gasteiger partial charge in [0.1, 0.15) is 0 Å². The quantitative estimate of drug-likeness (QED) is 0.666. The van der Waals surface area contributed by atoms with E-state index in [0.717, 1.165) is 10.0 Å². The summed E-state index contributed by atoms with van der Waals surface area (Å²) in [6, 6.07) is 3.52. The number of benzene rings is 1. The van der Waals surface area contributed by atoms with Crippen LogP contribution in [0.1, 0.15) is 40.2 Å². The molecule has 1 aromatic rings. The number of carbonyl (C=O) groups excluding carboxylic acids is 2. The fraction of sp³-hybridized carbons (Fsp3) is 0.429. The minimum Gasteiger partial charge on any atom is -0.424 e. The molecule has 0 bridgehead atoms. The number of ether oxygens (including phenoxy) is 1. The number of amides is 1. The number of anilines is 1. The van der Waals surface area contributed by atoms with Crippen LogP contribution in [0.15, 0.2) is 16.6 Å². The molecule has 0 atom stereocenters. The van der Waals surface area contributed by atoms with Crippen LogP contribution in [0.25, 0.3) is 0 Å². The van der Waals surface area contributed by atoms with Gasteiger partial charge in [-0.3, -0.25) is 9.59 Å². The zero-order valence-corrected chi connectivity index (χ0v) is 13.3. The summed E-state index contributed by atoms with van der Waals surface area (Å²) in [7, 11) is 0. The van der Waals surface area contributed by atoms with Crippen molar-refractivity contribution in [1.29, 1.82) is 0 Å². The summed E-state index contributed by atoms with van der Waals surface area (Å²) in [5, 5.41) is 2.68. The van der Waals surface area contributed by atoms with Crippen molar-refractivity contribution in [2.24, 2.45) is 0 Å². The van der Waals surface area contributed by atoms with Gasteiger partial charge in [-0.2, -0.15) is 0 Å². The molecule has 4 nitrogen and oxygen atoms in total. The number of hydrogen-bond donors (Lipinski definition) is 1. The van der Waals surface area contributed by atoms with E-state index in [-0.39, 0.29) is 11.3 Å². The minimum atomic E-state index is -0.429. The Labute approximate surface area is 121 Å². The first-order valence-corrected chi connectivity index (χ1v) is 6.70. The largest absolute Gasteiger partial charge is 0.424 e. The Kier molecular flexibility index (Phi) is 4.74. The number of rotatable bonds is 2. The van der Waals surface area contributed by atoms with Crippen molar-refractivity contribution in [3.63, 3.8) is 0 Å². The smallest absolute Gasteiger partial charge is 0.308 e. The second kappa shape index (κ2) is 5.74. The fourth-order valence-electron chi connectivity index (χ4n) is 1.66. The Hall–Kier alpha value is -1.36. The van der Waals surface area contributed by atoms with Crippen molar-refractivity contribution in [3.05, 3.63) is 22.2 Å². The van der Waals surface area contributed by atoms with Crippen molar-refractivity contribution in [2.75, 3.05) is 5.32 Å². The third-order valence-electron chi connectivity index (χ3n) is 2.44. The van der Waals surface area contributed by atoms with Gasteiger partial charge in [-0.05, 0) is 23.1 Å². The van der Waals surface area contributed by atoms with Crippen LogP contribution in [0.3, 0.4) is 0 Å². The highest BCUT2D eigenvalue weighted by Crippen LogP contribution is 2.37. The average Bonchev–Trinajstić information content (AvgIpc) is 2.18. The normalized spacial score (nSPS) is 11.1. The van der Waals surface area contributed by atoms with Gasteiger partial charge in [0.05, 0.1) is 5.69 Å². The second-order valence-corrected chi connectivity index (χ2v) is 6.21. The van der Waals surface area contributed by atoms with Gasteiger partial charge in [-0.25, -0.2) is 0 Å². The highest BCUT2D eigenvalue weighted by atomic mass is 79.9. The standard InChI is InChI=1S/C14H18BrNO3/c1-8(17)16-12-6-10(14(3,4)5)11(15)7-13(12)19-9(2)18/h6-7H,1-5H3,(H,16,17). The molecule has 1 N–H and O–H groups in total. The maximum absolute atomic E-state index is 11.2. The third-order valence-corrected chi connectivity index (χ3v) is 3.10. The first kappa shape index (κ1) is 15.7. The Bertz CT molecular complexity index is 518. The predicted octanol–water partition coefficient (Wildman–Crippen LogP) is 3.63. The monoisotopic (exact) mass is 327 g/mol. The zero-order valence-electron chi connectivity index (χ0n) is 11.8. The molecule has 1 amide bonds. The van der Waals surface area contributed by atoms with E-state index in [1.54, 1.807) is 6.07 Å². The van der Waals surface area contributed by atoms with Gasteiger partial charge in [0, 0.05) is 18.3 Å². The lowest BCUT2D eigenvalue weighted by Gasteiger charge is -2.23. The number of halogens is 1. The predicted molar refractivity (Wildman–Crippen MR) is 78.5 cm³/mol. The molecule has 104 valence electrons. The van der Waals surface area contributed by atoms with Crippen LogP contribution in [-0.2, 0) is 15.0 Å². The van der Waals surface area contributed by atoms with E-state index in [9.17, 15) is 9.59 Å². The molecule has 0 unspecified atom stereocenters. The van der Waals surface area contributed by atoms with E-state index in [1.165, 1.54) is 13.8 Å². The van der Waals surface area contributed by atoms with Gasteiger partial charge in [0.2, 0.25) is 5.91 Å². The van der Waals surface area contributed by atoms with Crippen molar-refractivity contribution < 1.29 is 14.3 Å². The van der Waals surface area contributed by atoms with Gasteiger partial charge in [-0.1, -0.05) is 36.7 Å². The molecule has 0 saturated heterocycles. The first-order chi connectivity index (χ1) is 8.61. The summed E-state index contributed by atoms with van der Waals surface area (Å²) in [6.07, 6.45) is 0. The zero-order chi connectivity index (χ0) is 14.8. The van der Waals surface area contributed by atoms with E-state index in [0.29, 0.717) is 11.4 Å². The number of esters is 1. The van der Waals surface area contributed by atoms with Gasteiger partial charge >= 0.3 is 5.97 Å². The lowest BCUT2D eigenvalue weighted by molar-refractivity contribution is -0.131. The summed E-state index contributed by atoms with van der Waals surface area (Å²) in [4.78, 5) is 22.3. The fourth-order valence-corrected chi connectivity index (χ4v) is 2.57. The summed E-state index contributed by atoms with van der Waals surface area (Å²) in [5.41, 5.74) is 1.42. The number of hydrogen-bond acceptors (Lipinski definition) is 3. The lowest BCUT2D eigenvalue weighted by atomic mass is 9.86. The molecule has 0 saturated carbocycles. The molecule has 0 heterocycles. The molecule has 0 aromatic heterocycles. The van der Waals surface area contributed by atoms with E-state index in [1.807, 2.05) is 6.07 Å². The number of carbonyl (C=O) groups is 2. The summed E-state index contributed by atoms with van der Waals surface area (Å²) >= 11 is 3.47. The lowest BCUT2D eigenvalue weighted by Crippen LogP contribution is -2.15. The molecular weight excluding hydrogens is 310 g/mol. The first-order valence-electron chi connectivity index (χ1n) is 5.91. The molecule has 1 aromatic carbocycles. The third kappa shape index (κ3) is 4.35. The SMILES string of the molecule is CC(=O)Nc1cc(C(C)(C)C)c(Br)cc1OC(C)=O. The number of nitrogens with one attached hydrogen (secondary N) is 1. The van der Waals surface area contributed by atoms with Gasteiger partial charge < -0.3 is 10.1 Å². The van der Waals surface area contributed by atoms with E-state index >= 15 is 0 Å². The van der Waals surface area contributed by atoms with Crippen LogP contribution in [0.2, 0.25) is 0 Å². The van der Waals surface area contributed by atoms with Crippen molar-refractivity contribution in [1.82, 2.24) is 0 Å². The molecule has 0 fully saturated rings. The molecule has 5 heteroatoms. The summed E-state index contributed by atoms with van der Waals surface area (Å²) in [6.45, 7) is 8.93. The summed E-state index contributed by atoms with van der Waals surface area (Å²) in [5.74, 6) is -0.305. The van der Waals surface area contributed by atoms with Crippen molar-refractivity contribution >= 4 is 33.5 Å². The highest BCUT2D eigenvalue weighted by molar-refractivity contribution is 9.10. The van der Waals surface area contributed by atoms with Crippen LogP contribution in [-0.4, -0.2) is 11.9 Å². The van der Waals surface area contributed by atoms with Crippen molar-refractivity contribution in [2.45, 2.75) is 40.0 Å². The molecule has 0 radical (unpaired) electrons. The molecule has 0 aliphatic heterocycles. The van der Waals surface area contributed by atoms with Gasteiger partial charge in [-0.15, -0.1) is 0 Å². The van der Waals surface area contributed by atoms with E-state index < -0.39 is 5.97 Å². The molecule has 0 spiro atoms. The van der Waals surface area contributed by atoms with E-state index in [4.69, 9.17) is 4.74 Å². The van der Waals surface area contributed by atoms with Crippen LogP contribution in [0.5, 0.6) is 5.75 Å². The van der Waals surface area contributed by atoms with Crippen LogP contribution < -0.4 is 10.1 Å². The molecule has 1 rings (SSSR count). The minimum absolute atomic E-state index is 0.0964. The maximum Gasteiger partial charge on any atom is 0.308 e. The second-order valence-electron chi connectivity index (χ2n) is 5.35. The Morgan fingerprint density at radius 1 is 1.21 bits per heavy atom. The Morgan fingerprint density at radius 3 is 2.21 bits per heavy atom.